The lowest BCUT2D eigenvalue weighted by Crippen LogP contribution is -1.91. The lowest BCUT2D eigenvalue weighted by Gasteiger charge is -2.18. The van der Waals surface area contributed by atoms with Gasteiger partial charge in [-0.05, 0) is 72.8 Å². The molecule has 0 spiro atoms. The zero-order chi connectivity index (χ0) is 24.3. The molecule has 0 bridgehead atoms. The third-order valence-corrected chi connectivity index (χ3v) is 7.63. The van der Waals surface area contributed by atoms with Crippen molar-refractivity contribution in [1.82, 2.24) is 0 Å². The first-order chi connectivity index (χ1) is 18.4. The summed E-state index contributed by atoms with van der Waals surface area (Å²) >= 11 is 0. The molecule has 0 amide bonds. The molecule has 0 fully saturated rings. The molecule has 0 saturated carbocycles. The van der Waals surface area contributed by atoms with E-state index >= 15 is 0 Å². The van der Waals surface area contributed by atoms with Crippen molar-refractivity contribution in [2.24, 2.45) is 0 Å². The highest BCUT2D eigenvalue weighted by Crippen LogP contribution is 2.47. The summed E-state index contributed by atoms with van der Waals surface area (Å²) in [6.45, 7) is 0. The van der Waals surface area contributed by atoms with Gasteiger partial charge in [0.05, 0.1) is 0 Å². The topological polar surface area (TPSA) is 13.1 Å². The van der Waals surface area contributed by atoms with Gasteiger partial charge in [-0.3, -0.25) is 0 Å². The van der Waals surface area contributed by atoms with Gasteiger partial charge in [0.25, 0.3) is 0 Å². The highest BCUT2D eigenvalue weighted by molar-refractivity contribution is 6.26. The van der Waals surface area contributed by atoms with Gasteiger partial charge in [-0.15, -0.1) is 0 Å². The number of benzene rings is 7. The van der Waals surface area contributed by atoms with Gasteiger partial charge < -0.3 is 4.42 Å². The molecule has 7 aromatic carbocycles. The average Bonchev–Trinajstić information content (AvgIpc) is 3.32. The third kappa shape index (κ3) is 2.98. The van der Waals surface area contributed by atoms with E-state index < -0.39 is 0 Å². The standard InChI is InChI=1S/C36H22O/c1-2-11-23(12-3-1)34-26-15-6-8-17-28(26)35(29-18-9-7-16-27(29)34)30-19-10-20-32-36(30)31-21-24-13-4-5-14-25(24)22-33(31)37-32/h1-22H. The Hall–Kier alpha value is -4.88. The largest absolute Gasteiger partial charge is 0.456 e. The van der Waals surface area contributed by atoms with Crippen LogP contribution < -0.4 is 0 Å². The molecule has 1 heteroatoms. The summed E-state index contributed by atoms with van der Waals surface area (Å²) in [4.78, 5) is 0. The normalized spacial score (nSPS) is 11.8. The molecule has 1 nitrogen and oxygen atoms in total. The maximum Gasteiger partial charge on any atom is 0.136 e. The van der Waals surface area contributed by atoms with Crippen LogP contribution in [0.2, 0.25) is 0 Å². The summed E-state index contributed by atoms with van der Waals surface area (Å²) < 4.78 is 6.44. The number of hydrogen-bond donors (Lipinski definition) is 0. The Morgan fingerprint density at radius 1 is 0.378 bits per heavy atom. The minimum atomic E-state index is 0.920. The van der Waals surface area contributed by atoms with Crippen LogP contribution in [0, 0.1) is 0 Å². The van der Waals surface area contributed by atoms with E-state index in [1.54, 1.807) is 0 Å². The fraction of sp³-hybridized carbons (Fsp3) is 0. The molecule has 0 N–H and O–H groups in total. The van der Waals surface area contributed by atoms with Crippen molar-refractivity contribution in [2.45, 2.75) is 0 Å². The van der Waals surface area contributed by atoms with Crippen LogP contribution in [0.25, 0.3) is 76.5 Å². The minimum Gasteiger partial charge on any atom is -0.456 e. The van der Waals surface area contributed by atoms with Gasteiger partial charge in [-0.25, -0.2) is 0 Å². The Bertz CT molecular complexity index is 2070. The van der Waals surface area contributed by atoms with E-state index in [0.29, 0.717) is 0 Å². The average molecular weight is 471 g/mol. The summed E-state index contributed by atoms with van der Waals surface area (Å²) in [6, 6.07) is 47.8. The number of furan rings is 1. The zero-order valence-electron chi connectivity index (χ0n) is 20.1. The summed E-state index contributed by atoms with van der Waals surface area (Å²) in [5.74, 6) is 0. The smallest absolute Gasteiger partial charge is 0.136 e. The van der Waals surface area contributed by atoms with Gasteiger partial charge in [0.1, 0.15) is 11.2 Å². The number of fused-ring (bicyclic) bond motifs is 6. The van der Waals surface area contributed by atoms with Crippen LogP contribution in [-0.4, -0.2) is 0 Å². The van der Waals surface area contributed by atoms with Gasteiger partial charge in [-0.1, -0.05) is 115 Å². The molecule has 1 aromatic heterocycles. The van der Waals surface area contributed by atoms with Crippen molar-refractivity contribution in [3.63, 3.8) is 0 Å². The van der Waals surface area contributed by atoms with Gasteiger partial charge in [0.15, 0.2) is 0 Å². The third-order valence-electron chi connectivity index (χ3n) is 7.63. The fourth-order valence-electron chi connectivity index (χ4n) is 6.05. The molecule has 0 unspecified atom stereocenters. The molecule has 8 rings (SSSR count). The van der Waals surface area contributed by atoms with Crippen molar-refractivity contribution in [1.29, 1.82) is 0 Å². The van der Waals surface area contributed by atoms with E-state index in [4.69, 9.17) is 4.42 Å². The summed E-state index contributed by atoms with van der Waals surface area (Å²) in [6.07, 6.45) is 0. The second kappa shape index (κ2) is 7.81. The van der Waals surface area contributed by atoms with E-state index in [-0.39, 0.29) is 0 Å². The summed E-state index contributed by atoms with van der Waals surface area (Å²) in [5.41, 5.74) is 6.83. The highest BCUT2D eigenvalue weighted by Gasteiger charge is 2.20. The van der Waals surface area contributed by atoms with Crippen molar-refractivity contribution in [2.75, 3.05) is 0 Å². The van der Waals surface area contributed by atoms with Crippen molar-refractivity contribution in [3.8, 4) is 22.3 Å². The highest BCUT2D eigenvalue weighted by atomic mass is 16.3. The van der Waals surface area contributed by atoms with Gasteiger partial charge in [-0.2, -0.15) is 0 Å². The minimum absolute atomic E-state index is 0.920. The fourth-order valence-corrected chi connectivity index (χ4v) is 6.05. The molecule has 172 valence electrons. The maximum atomic E-state index is 6.44. The first kappa shape index (κ1) is 20.3. The Kier molecular flexibility index (Phi) is 4.29. The molecule has 0 saturated heterocycles. The second-order valence-corrected chi connectivity index (χ2v) is 9.68. The predicted molar refractivity (Wildman–Crippen MR) is 157 cm³/mol. The Balaban J connectivity index is 1.57. The first-order valence-corrected chi connectivity index (χ1v) is 12.7. The summed E-state index contributed by atoms with van der Waals surface area (Å²) in [7, 11) is 0. The van der Waals surface area contributed by atoms with Crippen LogP contribution in [-0.2, 0) is 0 Å². The van der Waals surface area contributed by atoms with Gasteiger partial charge in [0, 0.05) is 10.8 Å². The SMILES string of the molecule is c1ccc(-c2c3ccccc3c(-c3cccc4oc5cc6ccccc6cc5c34)c3ccccc23)cc1. The van der Waals surface area contributed by atoms with E-state index in [1.807, 2.05) is 0 Å². The first-order valence-electron chi connectivity index (χ1n) is 12.7. The molecule has 0 radical (unpaired) electrons. The molecule has 0 aliphatic rings. The van der Waals surface area contributed by atoms with Crippen molar-refractivity contribution < 1.29 is 4.42 Å². The van der Waals surface area contributed by atoms with Crippen LogP contribution in [0.1, 0.15) is 0 Å². The van der Waals surface area contributed by atoms with Crippen LogP contribution in [0.3, 0.4) is 0 Å². The molecule has 0 aliphatic carbocycles. The van der Waals surface area contributed by atoms with Crippen LogP contribution in [0.5, 0.6) is 0 Å². The number of hydrogen-bond acceptors (Lipinski definition) is 1. The summed E-state index contributed by atoms with van der Waals surface area (Å²) in [5, 5.41) is 9.77. The molecule has 1 heterocycles. The molecular formula is C36H22O. The van der Waals surface area contributed by atoms with Gasteiger partial charge >= 0.3 is 0 Å². The van der Waals surface area contributed by atoms with Crippen LogP contribution in [0.15, 0.2) is 138 Å². The molecular weight excluding hydrogens is 448 g/mol. The van der Waals surface area contributed by atoms with Crippen molar-refractivity contribution in [3.05, 3.63) is 133 Å². The van der Waals surface area contributed by atoms with Gasteiger partial charge in [0.2, 0.25) is 0 Å². The maximum absolute atomic E-state index is 6.44. The molecule has 0 atom stereocenters. The lowest BCUT2D eigenvalue weighted by atomic mass is 9.85. The molecule has 8 aromatic rings. The molecule has 0 aliphatic heterocycles. The Morgan fingerprint density at radius 2 is 0.946 bits per heavy atom. The monoisotopic (exact) mass is 470 g/mol. The van der Waals surface area contributed by atoms with Crippen LogP contribution in [0.4, 0.5) is 0 Å². The van der Waals surface area contributed by atoms with E-state index in [1.165, 1.54) is 60.0 Å². The van der Waals surface area contributed by atoms with Crippen LogP contribution >= 0.6 is 0 Å². The van der Waals surface area contributed by atoms with E-state index in [0.717, 1.165) is 16.6 Å². The van der Waals surface area contributed by atoms with E-state index in [2.05, 4.69) is 133 Å². The lowest BCUT2D eigenvalue weighted by molar-refractivity contribution is 0.669. The molecule has 37 heavy (non-hydrogen) atoms. The zero-order valence-corrected chi connectivity index (χ0v) is 20.1. The quantitative estimate of drug-likeness (QED) is 0.229. The van der Waals surface area contributed by atoms with E-state index in [9.17, 15) is 0 Å². The Morgan fingerprint density at radius 3 is 1.62 bits per heavy atom. The number of rotatable bonds is 2. The van der Waals surface area contributed by atoms with Crippen molar-refractivity contribution >= 4 is 54.3 Å². The Labute approximate surface area is 214 Å². The predicted octanol–water partition coefficient (Wildman–Crippen LogP) is 10.4. The second-order valence-electron chi connectivity index (χ2n) is 9.68.